The van der Waals surface area contributed by atoms with Gasteiger partial charge in [0.05, 0.1) is 6.61 Å². The lowest BCUT2D eigenvalue weighted by atomic mass is 9.84. The van der Waals surface area contributed by atoms with Gasteiger partial charge < -0.3 is 15.4 Å². The predicted octanol–water partition coefficient (Wildman–Crippen LogP) is 3.26. The third-order valence-corrected chi connectivity index (χ3v) is 3.95. The largest absolute Gasteiger partial charge is 0.494 e. The van der Waals surface area contributed by atoms with E-state index < -0.39 is 17.2 Å². The Kier molecular flexibility index (Phi) is 6.33. The topological polar surface area (TPSA) is 67.4 Å². The minimum Gasteiger partial charge on any atom is -0.494 e. The fraction of sp³-hybridized carbons (Fsp3) is 0.300. The molecule has 5 nitrogen and oxygen atoms in total. The van der Waals surface area contributed by atoms with Crippen LogP contribution in [0.2, 0.25) is 0 Å². The molecule has 2 aromatic carbocycles. The van der Waals surface area contributed by atoms with E-state index in [-0.39, 0.29) is 12.4 Å². The molecule has 2 N–H and O–H groups in total. The first kappa shape index (κ1) is 19.4. The van der Waals surface area contributed by atoms with Gasteiger partial charge in [-0.25, -0.2) is 4.39 Å². The highest BCUT2D eigenvalue weighted by Crippen LogP contribution is 2.22. The second-order valence-electron chi connectivity index (χ2n) is 6.48. The maximum Gasteiger partial charge on any atom is 0.313 e. The minimum absolute atomic E-state index is 0.244. The maximum absolute atomic E-state index is 13.0. The molecule has 0 aliphatic heterocycles. The Balaban J connectivity index is 1.90. The standard InChI is InChI=1S/C20H23FN2O3/c1-4-26-17-11-9-16(10-12-17)23-19(25)18(24)22-13-20(2,3)14-5-7-15(21)8-6-14/h5-12H,4,13H2,1-3H3,(H,22,24)(H,23,25). The van der Waals surface area contributed by atoms with Crippen LogP contribution >= 0.6 is 0 Å². The summed E-state index contributed by atoms with van der Waals surface area (Å²) in [7, 11) is 0. The lowest BCUT2D eigenvalue weighted by molar-refractivity contribution is -0.136. The predicted molar refractivity (Wildman–Crippen MR) is 98.7 cm³/mol. The molecule has 0 unspecified atom stereocenters. The van der Waals surface area contributed by atoms with Gasteiger partial charge in [-0.2, -0.15) is 0 Å². The van der Waals surface area contributed by atoms with Crippen LogP contribution in [0, 0.1) is 5.82 Å². The van der Waals surface area contributed by atoms with Crippen LogP contribution in [0.1, 0.15) is 26.3 Å². The minimum atomic E-state index is -0.746. The normalized spacial score (nSPS) is 10.9. The second-order valence-corrected chi connectivity index (χ2v) is 6.48. The summed E-state index contributed by atoms with van der Waals surface area (Å²) in [5.74, 6) is -1.10. The molecule has 138 valence electrons. The zero-order valence-electron chi connectivity index (χ0n) is 15.1. The third-order valence-electron chi connectivity index (χ3n) is 3.95. The van der Waals surface area contributed by atoms with Gasteiger partial charge >= 0.3 is 11.8 Å². The van der Waals surface area contributed by atoms with Gasteiger partial charge in [-0.15, -0.1) is 0 Å². The molecule has 2 amide bonds. The number of amides is 2. The van der Waals surface area contributed by atoms with Gasteiger partial charge in [0, 0.05) is 17.6 Å². The van der Waals surface area contributed by atoms with E-state index in [0.29, 0.717) is 18.0 Å². The van der Waals surface area contributed by atoms with Crippen LogP contribution in [0.3, 0.4) is 0 Å². The fourth-order valence-corrected chi connectivity index (χ4v) is 2.37. The van der Waals surface area contributed by atoms with E-state index in [2.05, 4.69) is 10.6 Å². The van der Waals surface area contributed by atoms with Crippen molar-refractivity contribution in [3.63, 3.8) is 0 Å². The van der Waals surface area contributed by atoms with Gasteiger partial charge in [-0.3, -0.25) is 9.59 Å². The molecule has 0 atom stereocenters. The Morgan fingerprint density at radius 1 is 1.00 bits per heavy atom. The number of benzene rings is 2. The first-order valence-corrected chi connectivity index (χ1v) is 8.40. The summed E-state index contributed by atoms with van der Waals surface area (Å²) >= 11 is 0. The molecule has 0 saturated heterocycles. The van der Waals surface area contributed by atoms with Crippen molar-refractivity contribution in [1.82, 2.24) is 5.32 Å². The van der Waals surface area contributed by atoms with Crippen molar-refractivity contribution in [1.29, 1.82) is 0 Å². The van der Waals surface area contributed by atoms with Gasteiger partial charge in [0.15, 0.2) is 0 Å². The van der Waals surface area contributed by atoms with Crippen LogP contribution in [0.15, 0.2) is 48.5 Å². The molecule has 2 rings (SSSR count). The summed E-state index contributed by atoms with van der Waals surface area (Å²) < 4.78 is 18.4. The number of ether oxygens (including phenoxy) is 1. The average Bonchev–Trinajstić information content (AvgIpc) is 2.62. The Hall–Kier alpha value is -2.89. The highest BCUT2D eigenvalue weighted by molar-refractivity contribution is 6.39. The number of rotatable bonds is 6. The fourth-order valence-electron chi connectivity index (χ4n) is 2.37. The van der Waals surface area contributed by atoms with E-state index in [1.807, 2.05) is 20.8 Å². The second kappa shape index (κ2) is 8.47. The lowest BCUT2D eigenvalue weighted by Gasteiger charge is -2.25. The molecule has 6 heteroatoms. The summed E-state index contributed by atoms with van der Waals surface area (Å²) in [4.78, 5) is 24.1. The molecule has 0 spiro atoms. The molecule has 0 aliphatic rings. The highest BCUT2D eigenvalue weighted by atomic mass is 19.1. The van der Waals surface area contributed by atoms with E-state index >= 15 is 0 Å². The maximum atomic E-state index is 13.0. The number of hydrogen-bond acceptors (Lipinski definition) is 3. The van der Waals surface area contributed by atoms with Gasteiger partial charge in [-0.1, -0.05) is 26.0 Å². The quantitative estimate of drug-likeness (QED) is 0.779. The zero-order valence-corrected chi connectivity index (χ0v) is 15.1. The average molecular weight is 358 g/mol. The van der Waals surface area contributed by atoms with Crippen molar-refractivity contribution in [3.05, 3.63) is 59.9 Å². The molecule has 0 fully saturated rings. The van der Waals surface area contributed by atoms with Gasteiger partial charge in [0.25, 0.3) is 0 Å². The van der Waals surface area contributed by atoms with E-state index in [4.69, 9.17) is 4.74 Å². The van der Waals surface area contributed by atoms with Gasteiger partial charge in [0.2, 0.25) is 0 Å². The number of anilines is 1. The molecular formula is C20H23FN2O3. The van der Waals surface area contributed by atoms with Crippen LogP contribution in [0.5, 0.6) is 5.75 Å². The molecule has 0 radical (unpaired) electrons. The Labute approximate surface area is 152 Å². The monoisotopic (exact) mass is 358 g/mol. The van der Waals surface area contributed by atoms with E-state index in [1.54, 1.807) is 36.4 Å². The summed E-state index contributed by atoms with van der Waals surface area (Å²) in [6, 6.07) is 12.8. The first-order valence-electron chi connectivity index (χ1n) is 8.40. The molecule has 0 aromatic heterocycles. The molecule has 0 heterocycles. The molecule has 0 saturated carbocycles. The number of carbonyl (C=O) groups is 2. The Morgan fingerprint density at radius 3 is 2.19 bits per heavy atom. The van der Waals surface area contributed by atoms with Crippen LogP contribution in [-0.2, 0) is 15.0 Å². The Bertz CT molecular complexity index is 756. The zero-order chi connectivity index (χ0) is 19.2. The van der Waals surface area contributed by atoms with Crippen molar-refractivity contribution < 1.29 is 18.7 Å². The van der Waals surface area contributed by atoms with Gasteiger partial charge in [0.1, 0.15) is 11.6 Å². The number of hydrogen-bond donors (Lipinski definition) is 2. The molecule has 0 bridgehead atoms. The molecular weight excluding hydrogens is 335 g/mol. The number of nitrogens with one attached hydrogen (secondary N) is 2. The molecule has 0 aliphatic carbocycles. The summed E-state index contributed by atoms with van der Waals surface area (Å²) in [5, 5.41) is 5.16. The third kappa shape index (κ3) is 5.31. The van der Waals surface area contributed by atoms with Crippen molar-refractivity contribution in [3.8, 4) is 5.75 Å². The number of halogens is 1. The van der Waals surface area contributed by atoms with Crippen molar-refractivity contribution >= 4 is 17.5 Å². The van der Waals surface area contributed by atoms with Crippen LogP contribution in [0.4, 0.5) is 10.1 Å². The SMILES string of the molecule is CCOc1ccc(NC(=O)C(=O)NCC(C)(C)c2ccc(F)cc2)cc1. The summed E-state index contributed by atoms with van der Waals surface area (Å²) in [6.07, 6.45) is 0. The highest BCUT2D eigenvalue weighted by Gasteiger charge is 2.23. The first-order chi connectivity index (χ1) is 12.3. The van der Waals surface area contributed by atoms with E-state index in [9.17, 15) is 14.0 Å². The summed E-state index contributed by atoms with van der Waals surface area (Å²) in [5.41, 5.74) is 0.931. The number of carbonyl (C=O) groups excluding carboxylic acids is 2. The van der Waals surface area contributed by atoms with Crippen LogP contribution in [-0.4, -0.2) is 25.0 Å². The van der Waals surface area contributed by atoms with Gasteiger partial charge in [-0.05, 0) is 48.9 Å². The smallest absolute Gasteiger partial charge is 0.313 e. The van der Waals surface area contributed by atoms with E-state index in [0.717, 1.165) is 5.56 Å². The van der Waals surface area contributed by atoms with Crippen LogP contribution in [0.25, 0.3) is 0 Å². The van der Waals surface area contributed by atoms with Crippen LogP contribution < -0.4 is 15.4 Å². The lowest BCUT2D eigenvalue weighted by Crippen LogP contribution is -2.42. The van der Waals surface area contributed by atoms with Crippen molar-refractivity contribution in [2.45, 2.75) is 26.2 Å². The summed E-state index contributed by atoms with van der Waals surface area (Å²) in [6.45, 7) is 6.50. The Morgan fingerprint density at radius 2 is 1.62 bits per heavy atom. The van der Waals surface area contributed by atoms with E-state index in [1.165, 1.54) is 12.1 Å². The molecule has 2 aromatic rings. The van der Waals surface area contributed by atoms with Crippen molar-refractivity contribution in [2.75, 3.05) is 18.5 Å². The molecule has 26 heavy (non-hydrogen) atoms. The van der Waals surface area contributed by atoms with Crippen molar-refractivity contribution in [2.24, 2.45) is 0 Å².